The molecular weight excluding hydrogens is 198 g/mol. The molecule has 1 aromatic carbocycles. The molecule has 0 aliphatic carbocycles. The molecule has 16 heavy (non-hydrogen) atoms. The van der Waals surface area contributed by atoms with Crippen LogP contribution in [0.5, 0.6) is 0 Å². The largest absolute Gasteiger partial charge is 0.461 e. The van der Waals surface area contributed by atoms with Crippen molar-refractivity contribution in [2.24, 2.45) is 5.73 Å². The Bertz CT molecular complexity index is 442. The van der Waals surface area contributed by atoms with Crippen LogP contribution < -0.4 is 5.73 Å². The van der Waals surface area contributed by atoms with E-state index in [1.807, 2.05) is 12.1 Å². The van der Waals surface area contributed by atoms with Gasteiger partial charge in [-0.05, 0) is 32.0 Å². The molecule has 0 saturated carbocycles. The van der Waals surface area contributed by atoms with Gasteiger partial charge in [-0.2, -0.15) is 0 Å². The molecule has 2 aromatic rings. The van der Waals surface area contributed by atoms with E-state index in [9.17, 15) is 0 Å². The maximum absolute atomic E-state index is 5.76. The minimum Gasteiger partial charge on any atom is -0.461 e. The smallest absolute Gasteiger partial charge is 0.134 e. The first kappa shape index (κ1) is 11.0. The fourth-order valence-electron chi connectivity index (χ4n) is 1.66. The summed E-state index contributed by atoms with van der Waals surface area (Å²) in [5.74, 6) is 1.95. The summed E-state index contributed by atoms with van der Waals surface area (Å²) in [5.41, 5.74) is 7.86. The molecule has 0 radical (unpaired) electrons. The van der Waals surface area contributed by atoms with Gasteiger partial charge in [-0.3, -0.25) is 0 Å². The third-order valence-corrected chi connectivity index (χ3v) is 2.63. The Balaban J connectivity index is 2.15. The molecule has 2 N–H and O–H groups in total. The zero-order chi connectivity index (χ0) is 11.4. The van der Waals surface area contributed by atoms with Crippen molar-refractivity contribution in [2.75, 3.05) is 6.54 Å². The third-order valence-electron chi connectivity index (χ3n) is 2.63. The van der Waals surface area contributed by atoms with Gasteiger partial charge in [-0.15, -0.1) is 0 Å². The van der Waals surface area contributed by atoms with Crippen LogP contribution in [0.1, 0.15) is 17.7 Å². The van der Waals surface area contributed by atoms with Crippen molar-refractivity contribution in [1.82, 2.24) is 0 Å². The van der Waals surface area contributed by atoms with Gasteiger partial charge in [-0.1, -0.05) is 29.8 Å². The van der Waals surface area contributed by atoms with Gasteiger partial charge in [0.05, 0.1) is 0 Å². The van der Waals surface area contributed by atoms with Crippen molar-refractivity contribution < 1.29 is 4.42 Å². The average Bonchev–Trinajstić information content (AvgIpc) is 2.76. The molecular formula is C14H17NO. The molecule has 2 rings (SSSR count). The lowest BCUT2D eigenvalue weighted by molar-refractivity contribution is 0.515. The van der Waals surface area contributed by atoms with Crippen molar-refractivity contribution in [3.05, 3.63) is 47.7 Å². The van der Waals surface area contributed by atoms with Gasteiger partial charge in [0.2, 0.25) is 0 Å². The quantitative estimate of drug-likeness (QED) is 0.851. The van der Waals surface area contributed by atoms with Gasteiger partial charge < -0.3 is 10.2 Å². The van der Waals surface area contributed by atoms with E-state index in [-0.39, 0.29) is 0 Å². The molecule has 2 nitrogen and oxygen atoms in total. The van der Waals surface area contributed by atoms with E-state index in [4.69, 9.17) is 10.2 Å². The highest BCUT2D eigenvalue weighted by Crippen LogP contribution is 2.22. The van der Waals surface area contributed by atoms with Crippen LogP contribution in [0.4, 0.5) is 0 Å². The summed E-state index contributed by atoms with van der Waals surface area (Å²) in [7, 11) is 0. The van der Waals surface area contributed by atoms with Gasteiger partial charge in [0, 0.05) is 12.0 Å². The summed E-state index contributed by atoms with van der Waals surface area (Å²) in [6, 6.07) is 12.4. The molecule has 0 unspecified atom stereocenters. The molecule has 1 heterocycles. The minimum absolute atomic E-state index is 0.709. The van der Waals surface area contributed by atoms with Crippen LogP contribution in [0.3, 0.4) is 0 Å². The summed E-state index contributed by atoms with van der Waals surface area (Å²) < 4.78 is 5.76. The molecule has 0 atom stereocenters. The van der Waals surface area contributed by atoms with Gasteiger partial charge in [-0.25, -0.2) is 0 Å². The highest BCUT2D eigenvalue weighted by molar-refractivity contribution is 5.57. The van der Waals surface area contributed by atoms with E-state index >= 15 is 0 Å². The van der Waals surface area contributed by atoms with E-state index in [0.717, 1.165) is 29.9 Å². The zero-order valence-corrected chi connectivity index (χ0v) is 9.57. The summed E-state index contributed by atoms with van der Waals surface area (Å²) >= 11 is 0. The third kappa shape index (κ3) is 2.52. The number of aryl methyl sites for hydroxylation is 2. The van der Waals surface area contributed by atoms with Gasteiger partial charge >= 0.3 is 0 Å². The number of hydrogen-bond acceptors (Lipinski definition) is 2. The molecule has 0 aliphatic heterocycles. The van der Waals surface area contributed by atoms with Crippen molar-refractivity contribution in [2.45, 2.75) is 19.8 Å². The monoisotopic (exact) mass is 215 g/mol. The van der Waals surface area contributed by atoms with Crippen LogP contribution in [-0.4, -0.2) is 6.54 Å². The molecule has 0 fully saturated rings. The number of nitrogens with two attached hydrogens (primary N) is 1. The van der Waals surface area contributed by atoms with E-state index in [2.05, 4.69) is 31.2 Å². The molecule has 1 aromatic heterocycles. The number of benzene rings is 1. The number of rotatable bonds is 4. The lowest BCUT2D eigenvalue weighted by Crippen LogP contribution is -1.99. The fraction of sp³-hybridized carbons (Fsp3) is 0.286. The Morgan fingerprint density at radius 3 is 2.50 bits per heavy atom. The second-order valence-electron chi connectivity index (χ2n) is 4.02. The summed E-state index contributed by atoms with van der Waals surface area (Å²) in [6.45, 7) is 2.79. The molecule has 0 saturated heterocycles. The number of furan rings is 1. The topological polar surface area (TPSA) is 39.2 Å². The van der Waals surface area contributed by atoms with Crippen LogP contribution in [-0.2, 0) is 6.42 Å². The van der Waals surface area contributed by atoms with Crippen molar-refractivity contribution >= 4 is 0 Å². The predicted molar refractivity (Wildman–Crippen MR) is 66.3 cm³/mol. The maximum atomic E-state index is 5.76. The molecule has 0 bridgehead atoms. The Morgan fingerprint density at radius 2 is 1.81 bits per heavy atom. The van der Waals surface area contributed by atoms with Crippen LogP contribution in [0.2, 0.25) is 0 Å². The second-order valence-corrected chi connectivity index (χ2v) is 4.02. The summed E-state index contributed by atoms with van der Waals surface area (Å²) in [6.07, 6.45) is 1.89. The van der Waals surface area contributed by atoms with E-state index < -0.39 is 0 Å². The minimum atomic E-state index is 0.709. The zero-order valence-electron chi connectivity index (χ0n) is 9.57. The van der Waals surface area contributed by atoms with Crippen LogP contribution in [0.25, 0.3) is 11.3 Å². The second kappa shape index (κ2) is 4.99. The predicted octanol–water partition coefficient (Wildman–Crippen LogP) is 3.15. The molecule has 0 amide bonds. The van der Waals surface area contributed by atoms with E-state index in [0.29, 0.717) is 6.54 Å². The Hall–Kier alpha value is -1.54. The number of hydrogen-bond donors (Lipinski definition) is 1. The SMILES string of the molecule is Cc1ccc(-c2ccc(CCCN)o2)cc1. The Kier molecular flexibility index (Phi) is 3.42. The van der Waals surface area contributed by atoms with E-state index in [1.54, 1.807) is 0 Å². The molecule has 0 aliphatic rings. The van der Waals surface area contributed by atoms with Gasteiger partial charge in [0.15, 0.2) is 0 Å². The summed E-state index contributed by atoms with van der Waals surface area (Å²) in [4.78, 5) is 0. The van der Waals surface area contributed by atoms with Crippen LogP contribution >= 0.6 is 0 Å². The Morgan fingerprint density at radius 1 is 1.06 bits per heavy atom. The maximum Gasteiger partial charge on any atom is 0.134 e. The van der Waals surface area contributed by atoms with Crippen LogP contribution in [0, 0.1) is 6.92 Å². The molecule has 0 spiro atoms. The average molecular weight is 215 g/mol. The van der Waals surface area contributed by atoms with Crippen molar-refractivity contribution in [3.8, 4) is 11.3 Å². The fourth-order valence-corrected chi connectivity index (χ4v) is 1.66. The van der Waals surface area contributed by atoms with E-state index in [1.165, 1.54) is 5.56 Å². The van der Waals surface area contributed by atoms with Crippen molar-refractivity contribution in [1.29, 1.82) is 0 Å². The first-order valence-electron chi connectivity index (χ1n) is 5.65. The highest BCUT2D eigenvalue weighted by Gasteiger charge is 2.03. The summed E-state index contributed by atoms with van der Waals surface area (Å²) in [5, 5.41) is 0. The standard InChI is InChI=1S/C14H17NO/c1-11-4-6-12(7-5-11)14-9-8-13(16-14)3-2-10-15/h4-9H,2-3,10,15H2,1H3. The van der Waals surface area contributed by atoms with Gasteiger partial charge in [0.25, 0.3) is 0 Å². The lowest BCUT2D eigenvalue weighted by atomic mass is 10.1. The normalized spacial score (nSPS) is 10.6. The molecule has 84 valence electrons. The first-order chi connectivity index (χ1) is 7.79. The van der Waals surface area contributed by atoms with Crippen molar-refractivity contribution in [3.63, 3.8) is 0 Å². The highest BCUT2D eigenvalue weighted by atomic mass is 16.3. The lowest BCUT2D eigenvalue weighted by Gasteiger charge is -1.98. The Labute approximate surface area is 96.1 Å². The van der Waals surface area contributed by atoms with Gasteiger partial charge in [0.1, 0.15) is 11.5 Å². The molecule has 2 heteroatoms. The van der Waals surface area contributed by atoms with Crippen LogP contribution in [0.15, 0.2) is 40.8 Å². The first-order valence-corrected chi connectivity index (χ1v) is 5.65.